The first-order valence-electron chi connectivity index (χ1n) is 5.85. The standard InChI is InChI=1S/C13H17NO3S/c1-4-7-11(15)14-12-10(13(16)17-6-3)8-9(5-2)18-12/h4,7-8H,5-6H2,1-3H3,(H,14,15)/b7-4+. The molecule has 0 radical (unpaired) electrons. The molecule has 0 aliphatic rings. The third kappa shape index (κ3) is 3.70. The van der Waals surface area contributed by atoms with Crippen LogP contribution in [0.25, 0.3) is 0 Å². The van der Waals surface area contributed by atoms with E-state index in [1.807, 2.05) is 6.92 Å². The predicted molar refractivity (Wildman–Crippen MR) is 73.1 cm³/mol. The Morgan fingerprint density at radius 2 is 2.17 bits per heavy atom. The zero-order valence-electron chi connectivity index (χ0n) is 10.8. The van der Waals surface area contributed by atoms with E-state index in [-0.39, 0.29) is 5.91 Å². The second kappa shape index (κ2) is 6.96. The molecule has 5 heteroatoms. The molecule has 0 saturated heterocycles. The molecule has 0 aliphatic heterocycles. The van der Waals surface area contributed by atoms with Gasteiger partial charge in [0.1, 0.15) is 5.00 Å². The lowest BCUT2D eigenvalue weighted by Gasteiger charge is -2.03. The van der Waals surface area contributed by atoms with E-state index in [4.69, 9.17) is 4.74 Å². The summed E-state index contributed by atoms with van der Waals surface area (Å²) in [6, 6.07) is 1.77. The number of nitrogens with one attached hydrogen (secondary N) is 1. The van der Waals surface area contributed by atoms with Gasteiger partial charge in [0.15, 0.2) is 0 Å². The number of thiophene rings is 1. The first kappa shape index (κ1) is 14.4. The minimum absolute atomic E-state index is 0.243. The summed E-state index contributed by atoms with van der Waals surface area (Å²) in [5, 5.41) is 3.25. The van der Waals surface area contributed by atoms with Gasteiger partial charge in [-0.05, 0) is 32.4 Å². The van der Waals surface area contributed by atoms with Crippen LogP contribution in [0.4, 0.5) is 5.00 Å². The topological polar surface area (TPSA) is 55.4 Å². The molecule has 1 heterocycles. The summed E-state index contributed by atoms with van der Waals surface area (Å²) >= 11 is 1.40. The Kier molecular flexibility index (Phi) is 5.58. The first-order valence-corrected chi connectivity index (χ1v) is 6.67. The van der Waals surface area contributed by atoms with Gasteiger partial charge in [0.2, 0.25) is 5.91 Å². The van der Waals surface area contributed by atoms with Crippen LogP contribution in [0.2, 0.25) is 0 Å². The van der Waals surface area contributed by atoms with Crippen molar-refractivity contribution in [1.29, 1.82) is 0 Å². The lowest BCUT2D eigenvalue weighted by atomic mass is 10.2. The molecule has 0 aromatic carbocycles. The van der Waals surface area contributed by atoms with Gasteiger partial charge in [0.25, 0.3) is 0 Å². The van der Waals surface area contributed by atoms with Crippen LogP contribution in [0.3, 0.4) is 0 Å². The third-order valence-electron chi connectivity index (χ3n) is 2.18. The maximum absolute atomic E-state index is 11.7. The molecule has 18 heavy (non-hydrogen) atoms. The molecule has 0 atom stereocenters. The number of allylic oxidation sites excluding steroid dienone is 1. The van der Waals surface area contributed by atoms with E-state index in [0.29, 0.717) is 17.2 Å². The summed E-state index contributed by atoms with van der Waals surface area (Å²) in [4.78, 5) is 24.3. The van der Waals surface area contributed by atoms with Crippen LogP contribution < -0.4 is 5.32 Å². The number of anilines is 1. The smallest absolute Gasteiger partial charge is 0.341 e. The second-order valence-corrected chi connectivity index (χ2v) is 4.66. The van der Waals surface area contributed by atoms with Crippen molar-refractivity contribution in [2.24, 2.45) is 0 Å². The summed E-state index contributed by atoms with van der Waals surface area (Å²) in [6.45, 7) is 5.83. The SMILES string of the molecule is C/C=C/C(=O)Nc1sc(CC)cc1C(=O)OCC. The molecular formula is C13H17NO3S. The quantitative estimate of drug-likeness (QED) is 0.659. The number of hydrogen-bond donors (Lipinski definition) is 1. The number of esters is 1. The Balaban J connectivity index is 2.97. The Hall–Kier alpha value is -1.62. The molecule has 0 fully saturated rings. The van der Waals surface area contributed by atoms with Crippen molar-refractivity contribution in [2.45, 2.75) is 27.2 Å². The van der Waals surface area contributed by atoms with E-state index >= 15 is 0 Å². The van der Waals surface area contributed by atoms with Gasteiger partial charge in [-0.25, -0.2) is 4.79 Å². The number of hydrogen-bond acceptors (Lipinski definition) is 4. The number of carbonyl (C=O) groups is 2. The Labute approximate surface area is 111 Å². The van der Waals surface area contributed by atoms with Crippen LogP contribution in [-0.4, -0.2) is 18.5 Å². The molecule has 98 valence electrons. The van der Waals surface area contributed by atoms with Crippen molar-refractivity contribution >= 4 is 28.2 Å². The van der Waals surface area contributed by atoms with E-state index in [0.717, 1.165) is 11.3 Å². The van der Waals surface area contributed by atoms with Crippen molar-refractivity contribution in [2.75, 3.05) is 11.9 Å². The van der Waals surface area contributed by atoms with E-state index in [9.17, 15) is 9.59 Å². The molecule has 0 bridgehead atoms. The maximum Gasteiger partial charge on any atom is 0.341 e. The zero-order valence-corrected chi connectivity index (χ0v) is 11.6. The average Bonchev–Trinajstić information content (AvgIpc) is 2.73. The van der Waals surface area contributed by atoms with Gasteiger partial charge in [-0.1, -0.05) is 13.0 Å². The van der Waals surface area contributed by atoms with Gasteiger partial charge in [-0.2, -0.15) is 0 Å². The fraction of sp³-hybridized carbons (Fsp3) is 0.385. The first-order chi connectivity index (χ1) is 8.62. The lowest BCUT2D eigenvalue weighted by molar-refractivity contribution is -0.111. The molecule has 4 nitrogen and oxygen atoms in total. The van der Waals surface area contributed by atoms with Gasteiger partial charge >= 0.3 is 5.97 Å². The number of rotatable bonds is 5. The van der Waals surface area contributed by atoms with E-state index < -0.39 is 5.97 Å². The molecule has 0 saturated carbocycles. The van der Waals surface area contributed by atoms with Crippen LogP contribution >= 0.6 is 11.3 Å². The number of amides is 1. The van der Waals surface area contributed by atoms with Crippen molar-refractivity contribution in [1.82, 2.24) is 0 Å². The molecule has 1 aromatic rings. The van der Waals surface area contributed by atoms with Gasteiger partial charge in [-0.3, -0.25) is 4.79 Å². The second-order valence-electron chi connectivity index (χ2n) is 3.52. The van der Waals surface area contributed by atoms with Crippen LogP contribution in [0.1, 0.15) is 36.0 Å². The van der Waals surface area contributed by atoms with E-state index in [2.05, 4.69) is 5.32 Å². The number of carbonyl (C=O) groups excluding carboxylic acids is 2. The highest BCUT2D eigenvalue weighted by Crippen LogP contribution is 2.29. The van der Waals surface area contributed by atoms with Crippen LogP contribution in [-0.2, 0) is 16.0 Å². The highest BCUT2D eigenvalue weighted by atomic mass is 32.1. The lowest BCUT2D eigenvalue weighted by Crippen LogP contribution is -2.11. The van der Waals surface area contributed by atoms with Gasteiger partial charge in [0.05, 0.1) is 12.2 Å². The summed E-state index contributed by atoms with van der Waals surface area (Å²) in [5.41, 5.74) is 0.427. The van der Waals surface area contributed by atoms with Crippen molar-refractivity contribution in [3.63, 3.8) is 0 Å². The normalized spacial score (nSPS) is 10.6. The highest BCUT2D eigenvalue weighted by Gasteiger charge is 2.17. The fourth-order valence-corrected chi connectivity index (χ4v) is 2.36. The Bertz CT molecular complexity index is 463. The summed E-state index contributed by atoms with van der Waals surface area (Å²) < 4.78 is 4.97. The molecular weight excluding hydrogens is 250 g/mol. The molecule has 0 spiro atoms. The predicted octanol–water partition coefficient (Wildman–Crippen LogP) is 3.00. The third-order valence-corrected chi connectivity index (χ3v) is 3.38. The van der Waals surface area contributed by atoms with E-state index in [1.54, 1.807) is 26.0 Å². The van der Waals surface area contributed by atoms with Crippen LogP contribution in [0.15, 0.2) is 18.2 Å². The molecule has 1 N–H and O–H groups in total. The van der Waals surface area contributed by atoms with Crippen molar-refractivity contribution in [3.05, 3.63) is 28.7 Å². The van der Waals surface area contributed by atoms with Gasteiger partial charge in [0, 0.05) is 4.88 Å². The molecule has 1 amide bonds. The summed E-state index contributed by atoms with van der Waals surface area (Å²) in [6.07, 6.45) is 3.88. The summed E-state index contributed by atoms with van der Waals surface area (Å²) in [7, 11) is 0. The van der Waals surface area contributed by atoms with Crippen LogP contribution in [0.5, 0.6) is 0 Å². The minimum atomic E-state index is -0.399. The Morgan fingerprint density at radius 1 is 1.44 bits per heavy atom. The number of ether oxygens (including phenoxy) is 1. The van der Waals surface area contributed by atoms with Gasteiger partial charge < -0.3 is 10.1 Å². The zero-order chi connectivity index (χ0) is 13.5. The highest BCUT2D eigenvalue weighted by molar-refractivity contribution is 7.16. The monoisotopic (exact) mass is 267 g/mol. The number of aryl methyl sites for hydroxylation is 1. The molecule has 1 rings (SSSR count). The van der Waals surface area contributed by atoms with Crippen LogP contribution in [0, 0.1) is 0 Å². The molecule has 0 unspecified atom stereocenters. The average molecular weight is 267 g/mol. The molecule has 0 aliphatic carbocycles. The minimum Gasteiger partial charge on any atom is -0.462 e. The molecule has 1 aromatic heterocycles. The van der Waals surface area contributed by atoms with Crippen molar-refractivity contribution < 1.29 is 14.3 Å². The van der Waals surface area contributed by atoms with Gasteiger partial charge in [-0.15, -0.1) is 11.3 Å². The van der Waals surface area contributed by atoms with Crippen molar-refractivity contribution in [3.8, 4) is 0 Å². The summed E-state index contributed by atoms with van der Waals surface area (Å²) in [5.74, 6) is -0.642. The Morgan fingerprint density at radius 3 is 2.72 bits per heavy atom. The maximum atomic E-state index is 11.7. The van der Waals surface area contributed by atoms with E-state index in [1.165, 1.54) is 17.4 Å². The largest absolute Gasteiger partial charge is 0.462 e. The fourth-order valence-electron chi connectivity index (χ4n) is 1.37.